The van der Waals surface area contributed by atoms with E-state index in [9.17, 15) is 9.59 Å². The number of aromatic nitrogens is 2. The number of hydrogen-bond acceptors (Lipinski definition) is 4. The van der Waals surface area contributed by atoms with Gasteiger partial charge < -0.3 is 20.1 Å². The molecule has 0 radical (unpaired) electrons. The van der Waals surface area contributed by atoms with Crippen LogP contribution in [0.1, 0.15) is 23.3 Å². The van der Waals surface area contributed by atoms with Crippen LogP contribution in [0.3, 0.4) is 0 Å². The zero-order valence-electron chi connectivity index (χ0n) is 10.7. The summed E-state index contributed by atoms with van der Waals surface area (Å²) in [5, 5.41) is 5.92. The Kier molecular flexibility index (Phi) is 3.10. The Balaban J connectivity index is 1.78. The molecule has 1 aromatic heterocycles. The standard InChI is InChI=1S/C12H17N5O2/c18-10-8-16(5-1-3-13-10)11(19)9-7-17-6-2-4-14-12(17)15-9/h7H,1-6,8H2,(H,13,18)(H,14,15). The average Bonchev–Trinajstić information content (AvgIpc) is 2.73. The molecule has 102 valence electrons. The first-order valence-electron chi connectivity index (χ1n) is 6.61. The van der Waals surface area contributed by atoms with E-state index in [0.717, 1.165) is 31.9 Å². The van der Waals surface area contributed by atoms with Crippen LogP contribution in [-0.2, 0) is 11.3 Å². The van der Waals surface area contributed by atoms with Crippen molar-refractivity contribution in [2.75, 3.05) is 31.5 Å². The van der Waals surface area contributed by atoms with Gasteiger partial charge in [0.05, 0.1) is 6.54 Å². The van der Waals surface area contributed by atoms with Gasteiger partial charge in [0.1, 0.15) is 5.69 Å². The minimum atomic E-state index is -0.166. The highest BCUT2D eigenvalue weighted by Crippen LogP contribution is 2.15. The van der Waals surface area contributed by atoms with Crippen molar-refractivity contribution in [3.8, 4) is 0 Å². The zero-order chi connectivity index (χ0) is 13.2. The van der Waals surface area contributed by atoms with Crippen molar-refractivity contribution in [1.29, 1.82) is 0 Å². The number of carbonyl (C=O) groups is 2. The summed E-state index contributed by atoms with van der Waals surface area (Å²) in [6.45, 7) is 3.10. The van der Waals surface area contributed by atoms with Crippen LogP contribution in [0.4, 0.5) is 5.95 Å². The lowest BCUT2D eigenvalue weighted by Crippen LogP contribution is -2.37. The van der Waals surface area contributed by atoms with Crippen molar-refractivity contribution < 1.29 is 9.59 Å². The van der Waals surface area contributed by atoms with Crippen molar-refractivity contribution in [3.05, 3.63) is 11.9 Å². The number of nitrogens with one attached hydrogen (secondary N) is 2. The lowest BCUT2D eigenvalue weighted by Gasteiger charge is -2.17. The number of amides is 2. The number of imidazole rings is 1. The van der Waals surface area contributed by atoms with Crippen molar-refractivity contribution >= 4 is 17.8 Å². The summed E-state index contributed by atoms with van der Waals surface area (Å²) in [5.41, 5.74) is 0.416. The molecule has 0 bridgehead atoms. The summed E-state index contributed by atoms with van der Waals surface area (Å²) in [5.74, 6) is 0.475. The van der Waals surface area contributed by atoms with Gasteiger partial charge in [0, 0.05) is 32.4 Å². The number of nitrogens with zero attached hydrogens (tertiary/aromatic N) is 3. The molecular weight excluding hydrogens is 246 g/mol. The van der Waals surface area contributed by atoms with Gasteiger partial charge in [-0.2, -0.15) is 0 Å². The summed E-state index contributed by atoms with van der Waals surface area (Å²) >= 11 is 0. The molecule has 3 heterocycles. The molecule has 1 fully saturated rings. The molecule has 19 heavy (non-hydrogen) atoms. The summed E-state index contributed by atoms with van der Waals surface area (Å²) in [7, 11) is 0. The van der Waals surface area contributed by atoms with Gasteiger partial charge in [-0.3, -0.25) is 9.59 Å². The Hall–Kier alpha value is -2.05. The summed E-state index contributed by atoms with van der Waals surface area (Å²) in [4.78, 5) is 29.7. The van der Waals surface area contributed by atoms with Gasteiger partial charge in [-0.15, -0.1) is 0 Å². The average molecular weight is 263 g/mol. The molecule has 2 aliphatic heterocycles. The van der Waals surface area contributed by atoms with Crippen LogP contribution >= 0.6 is 0 Å². The van der Waals surface area contributed by atoms with Crippen LogP contribution < -0.4 is 10.6 Å². The molecule has 7 nitrogen and oxygen atoms in total. The third-order valence-electron chi connectivity index (χ3n) is 3.40. The van der Waals surface area contributed by atoms with Gasteiger partial charge >= 0.3 is 0 Å². The Labute approximate surface area is 111 Å². The predicted octanol–water partition coefficient (Wildman–Crippen LogP) is -0.339. The summed E-state index contributed by atoms with van der Waals surface area (Å²) in [6.07, 6.45) is 3.58. The third-order valence-corrected chi connectivity index (χ3v) is 3.40. The van der Waals surface area contributed by atoms with E-state index in [2.05, 4.69) is 15.6 Å². The maximum Gasteiger partial charge on any atom is 0.274 e. The highest BCUT2D eigenvalue weighted by atomic mass is 16.2. The number of carbonyl (C=O) groups excluding carboxylic acids is 2. The minimum Gasteiger partial charge on any atom is -0.356 e. The molecule has 0 saturated carbocycles. The van der Waals surface area contributed by atoms with Crippen molar-refractivity contribution in [2.45, 2.75) is 19.4 Å². The highest BCUT2D eigenvalue weighted by Gasteiger charge is 2.24. The number of aryl methyl sites for hydroxylation is 1. The molecule has 1 saturated heterocycles. The van der Waals surface area contributed by atoms with Crippen molar-refractivity contribution in [3.63, 3.8) is 0 Å². The van der Waals surface area contributed by atoms with Gasteiger partial charge in [-0.1, -0.05) is 0 Å². The molecule has 0 spiro atoms. The first-order chi connectivity index (χ1) is 9.24. The fourth-order valence-electron chi connectivity index (χ4n) is 2.42. The first-order valence-corrected chi connectivity index (χ1v) is 6.61. The van der Waals surface area contributed by atoms with Crippen LogP contribution in [0.5, 0.6) is 0 Å². The number of anilines is 1. The second kappa shape index (κ2) is 4.91. The van der Waals surface area contributed by atoms with E-state index < -0.39 is 0 Å². The molecule has 2 amide bonds. The van der Waals surface area contributed by atoms with Crippen molar-refractivity contribution in [1.82, 2.24) is 19.8 Å². The van der Waals surface area contributed by atoms with Crippen LogP contribution in [0.25, 0.3) is 0 Å². The van der Waals surface area contributed by atoms with Gasteiger partial charge in [-0.05, 0) is 12.8 Å². The van der Waals surface area contributed by atoms with E-state index in [-0.39, 0.29) is 18.4 Å². The number of fused-ring (bicyclic) bond motifs is 1. The number of rotatable bonds is 1. The molecule has 0 aliphatic carbocycles. The smallest absolute Gasteiger partial charge is 0.274 e. The minimum absolute atomic E-state index is 0.104. The molecule has 2 aliphatic rings. The first kappa shape index (κ1) is 12.0. The van der Waals surface area contributed by atoms with Gasteiger partial charge in [0.2, 0.25) is 11.9 Å². The fraction of sp³-hybridized carbons (Fsp3) is 0.583. The highest BCUT2D eigenvalue weighted by molar-refractivity contribution is 5.95. The number of hydrogen-bond donors (Lipinski definition) is 2. The maximum absolute atomic E-state index is 12.4. The molecular formula is C12H17N5O2. The van der Waals surface area contributed by atoms with Crippen LogP contribution in [0, 0.1) is 0 Å². The van der Waals surface area contributed by atoms with Crippen LogP contribution in [-0.4, -0.2) is 52.4 Å². The van der Waals surface area contributed by atoms with Crippen LogP contribution in [0.15, 0.2) is 6.20 Å². The topological polar surface area (TPSA) is 79.3 Å². The van der Waals surface area contributed by atoms with Crippen LogP contribution in [0.2, 0.25) is 0 Å². The molecule has 0 unspecified atom stereocenters. The predicted molar refractivity (Wildman–Crippen MR) is 68.9 cm³/mol. The van der Waals surface area contributed by atoms with Crippen molar-refractivity contribution in [2.24, 2.45) is 0 Å². The summed E-state index contributed by atoms with van der Waals surface area (Å²) < 4.78 is 1.95. The largest absolute Gasteiger partial charge is 0.356 e. The Morgan fingerprint density at radius 1 is 1.21 bits per heavy atom. The Bertz CT molecular complexity index is 487. The van der Waals surface area contributed by atoms with Gasteiger partial charge in [0.25, 0.3) is 5.91 Å². The molecule has 0 aromatic carbocycles. The van der Waals surface area contributed by atoms with E-state index in [1.54, 1.807) is 11.1 Å². The van der Waals surface area contributed by atoms with Gasteiger partial charge in [0.15, 0.2) is 0 Å². The normalized spacial score (nSPS) is 19.2. The molecule has 1 aromatic rings. The lowest BCUT2D eigenvalue weighted by molar-refractivity contribution is -0.121. The van der Waals surface area contributed by atoms with E-state index in [4.69, 9.17) is 0 Å². The lowest BCUT2D eigenvalue weighted by atomic mass is 10.3. The quantitative estimate of drug-likeness (QED) is 0.726. The monoisotopic (exact) mass is 263 g/mol. The zero-order valence-corrected chi connectivity index (χ0v) is 10.7. The molecule has 3 rings (SSSR count). The fourth-order valence-corrected chi connectivity index (χ4v) is 2.42. The SMILES string of the molecule is O=C1CN(C(=O)c2cn3c(n2)NCCC3)CCCN1. The van der Waals surface area contributed by atoms with E-state index >= 15 is 0 Å². The Morgan fingerprint density at radius 2 is 2.00 bits per heavy atom. The third kappa shape index (κ3) is 2.40. The van der Waals surface area contributed by atoms with E-state index in [0.29, 0.717) is 18.8 Å². The van der Waals surface area contributed by atoms with Gasteiger partial charge in [-0.25, -0.2) is 4.98 Å². The molecule has 2 N–H and O–H groups in total. The second-order valence-corrected chi connectivity index (χ2v) is 4.85. The summed E-state index contributed by atoms with van der Waals surface area (Å²) in [6, 6.07) is 0. The molecule has 0 atom stereocenters. The Morgan fingerprint density at radius 3 is 2.84 bits per heavy atom. The van der Waals surface area contributed by atoms with E-state index in [1.807, 2.05) is 4.57 Å². The second-order valence-electron chi connectivity index (χ2n) is 4.85. The van der Waals surface area contributed by atoms with E-state index in [1.165, 1.54) is 0 Å². The molecule has 7 heteroatoms. The maximum atomic E-state index is 12.4.